The standard InChI is InChI=1S/C15H26N2O2/c1-7-12-11(10-14(18)19-9-3)13(8-2)17(16-12)15(4,5)6/h7-10H2,1-6H3. The van der Waals surface area contributed by atoms with Crippen LogP contribution in [0.3, 0.4) is 0 Å². The van der Waals surface area contributed by atoms with Crippen molar-refractivity contribution >= 4 is 5.97 Å². The van der Waals surface area contributed by atoms with Gasteiger partial charge in [-0.2, -0.15) is 5.10 Å². The Morgan fingerprint density at radius 3 is 2.26 bits per heavy atom. The van der Waals surface area contributed by atoms with Crippen molar-refractivity contribution in [2.45, 2.75) is 66.3 Å². The molecule has 0 aliphatic carbocycles. The Morgan fingerprint density at radius 2 is 1.84 bits per heavy atom. The summed E-state index contributed by atoms with van der Waals surface area (Å²) in [6.07, 6.45) is 2.04. The second-order valence-electron chi connectivity index (χ2n) is 5.64. The van der Waals surface area contributed by atoms with Gasteiger partial charge in [0.05, 0.1) is 24.3 Å². The summed E-state index contributed by atoms with van der Waals surface area (Å²) in [6, 6.07) is 0. The molecule has 0 radical (unpaired) electrons. The molecule has 4 nitrogen and oxygen atoms in total. The van der Waals surface area contributed by atoms with E-state index in [0.717, 1.165) is 29.8 Å². The van der Waals surface area contributed by atoms with Crippen LogP contribution in [0.15, 0.2) is 0 Å². The van der Waals surface area contributed by atoms with Gasteiger partial charge in [0, 0.05) is 11.3 Å². The molecular formula is C15H26N2O2. The van der Waals surface area contributed by atoms with Gasteiger partial charge in [-0.3, -0.25) is 9.48 Å². The van der Waals surface area contributed by atoms with Gasteiger partial charge < -0.3 is 4.74 Å². The quantitative estimate of drug-likeness (QED) is 0.770. The Hall–Kier alpha value is -1.32. The fourth-order valence-corrected chi connectivity index (χ4v) is 2.30. The third kappa shape index (κ3) is 3.58. The lowest BCUT2D eigenvalue weighted by Gasteiger charge is -2.22. The molecule has 0 spiro atoms. The summed E-state index contributed by atoms with van der Waals surface area (Å²) in [5, 5.41) is 4.69. The van der Waals surface area contributed by atoms with Crippen molar-refractivity contribution in [1.29, 1.82) is 0 Å². The first-order valence-corrected chi connectivity index (χ1v) is 7.10. The molecule has 1 aromatic rings. The van der Waals surface area contributed by atoms with E-state index in [1.165, 1.54) is 0 Å². The lowest BCUT2D eigenvalue weighted by atomic mass is 10.0. The van der Waals surface area contributed by atoms with Gasteiger partial charge in [-0.1, -0.05) is 13.8 Å². The van der Waals surface area contributed by atoms with E-state index in [4.69, 9.17) is 9.84 Å². The maximum Gasteiger partial charge on any atom is 0.310 e. The van der Waals surface area contributed by atoms with Crippen molar-refractivity contribution in [1.82, 2.24) is 9.78 Å². The Balaban J connectivity index is 3.21. The second-order valence-corrected chi connectivity index (χ2v) is 5.64. The second kappa shape index (κ2) is 6.22. The van der Waals surface area contributed by atoms with E-state index >= 15 is 0 Å². The molecule has 1 aromatic heterocycles. The predicted molar refractivity (Wildman–Crippen MR) is 76.3 cm³/mol. The smallest absolute Gasteiger partial charge is 0.310 e. The Kier molecular flexibility index (Phi) is 5.15. The fraction of sp³-hybridized carbons (Fsp3) is 0.733. The molecule has 0 aromatic carbocycles. The maximum absolute atomic E-state index is 11.7. The number of ether oxygens (including phenoxy) is 1. The maximum atomic E-state index is 11.7. The number of nitrogens with zero attached hydrogens (tertiary/aromatic N) is 2. The van der Waals surface area contributed by atoms with E-state index in [-0.39, 0.29) is 11.5 Å². The first-order chi connectivity index (χ1) is 8.85. The van der Waals surface area contributed by atoms with Crippen molar-refractivity contribution in [2.75, 3.05) is 6.61 Å². The van der Waals surface area contributed by atoms with Gasteiger partial charge in [-0.15, -0.1) is 0 Å². The molecule has 0 fully saturated rings. The zero-order chi connectivity index (χ0) is 14.6. The summed E-state index contributed by atoms with van der Waals surface area (Å²) < 4.78 is 7.12. The monoisotopic (exact) mass is 266 g/mol. The molecule has 4 heteroatoms. The summed E-state index contributed by atoms with van der Waals surface area (Å²) in [7, 11) is 0. The first kappa shape index (κ1) is 15.7. The highest BCUT2D eigenvalue weighted by atomic mass is 16.5. The first-order valence-electron chi connectivity index (χ1n) is 7.10. The van der Waals surface area contributed by atoms with Crippen LogP contribution in [0, 0.1) is 0 Å². The lowest BCUT2D eigenvalue weighted by Crippen LogP contribution is -2.25. The van der Waals surface area contributed by atoms with Crippen LogP contribution in [0.5, 0.6) is 0 Å². The molecule has 0 aliphatic rings. The molecule has 19 heavy (non-hydrogen) atoms. The average molecular weight is 266 g/mol. The number of hydrogen-bond donors (Lipinski definition) is 0. The summed E-state index contributed by atoms with van der Waals surface area (Å²) >= 11 is 0. The van der Waals surface area contributed by atoms with E-state index in [1.54, 1.807) is 0 Å². The van der Waals surface area contributed by atoms with Crippen molar-refractivity contribution in [3.05, 3.63) is 17.0 Å². The van der Waals surface area contributed by atoms with Crippen LogP contribution < -0.4 is 0 Å². The summed E-state index contributed by atoms with van der Waals surface area (Å²) in [5.74, 6) is -0.166. The van der Waals surface area contributed by atoms with Crippen LogP contribution in [0.4, 0.5) is 0 Å². The summed E-state index contributed by atoms with van der Waals surface area (Å²) in [6.45, 7) is 12.8. The third-order valence-corrected chi connectivity index (χ3v) is 3.10. The van der Waals surface area contributed by atoms with Gasteiger partial charge in [-0.25, -0.2) is 0 Å². The van der Waals surface area contributed by atoms with E-state index in [9.17, 15) is 4.79 Å². The van der Waals surface area contributed by atoms with Gasteiger partial charge in [0.1, 0.15) is 0 Å². The highest BCUT2D eigenvalue weighted by molar-refractivity contribution is 5.73. The van der Waals surface area contributed by atoms with E-state index in [2.05, 4.69) is 39.3 Å². The van der Waals surface area contributed by atoms with Crippen LogP contribution in [0.25, 0.3) is 0 Å². The number of rotatable bonds is 5. The summed E-state index contributed by atoms with van der Waals surface area (Å²) in [5.41, 5.74) is 3.15. The molecule has 0 N–H and O–H groups in total. The van der Waals surface area contributed by atoms with Crippen LogP contribution in [0.1, 0.15) is 58.5 Å². The van der Waals surface area contributed by atoms with Gasteiger partial charge in [0.2, 0.25) is 0 Å². The van der Waals surface area contributed by atoms with Gasteiger partial charge >= 0.3 is 5.97 Å². The molecule has 0 bridgehead atoms. The molecule has 0 amide bonds. The largest absolute Gasteiger partial charge is 0.466 e. The minimum atomic E-state index is -0.166. The molecule has 1 heterocycles. The Morgan fingerprint density at radius 1 is 1.21 bits per heavy atom. The van der Waals surface area contributed by atoms with Crippen LogP contribution in [-0.4, -0.2) is 22.4 Å². The molecule has 0 saturated carbocycles. The van der Waals surface area contributed by atoms with Gasteiger partial charge in [0.15, 0.2) is 0 Å². The van der Waals surface area contributed by atoms with Gasteiger partial charge in [0.25, 0.3) is 0 Å². The van der Waals surface area contributed by atoms with E-state index in [1.807, 2.05) is 6.92 Å². The molecule has 0 aliphatic heterocycles. The average Bonchev–Trinajstić information content (AvgIpc) is 2.67. The third-order valence-electron chi connectivity index (χ3n) is 3.10. The topological polar surface area (TPSA) is 44.1 Å². The van der Waals surface area contributed by atoms with Crippen molar-refractivity contribution in [3.8, 4) is 0 Å². The molecule has 1 rings (SSSR count). The van der Waals surface area contributed by atoms with Crippen molar-refractivity contribution < 1.29 is 9.53 Å². The highest BCUT2D eigenvalue weighted by Gasteiger charge is 2.24. The fourth-order valence-electron chi connectivity index (χ4n) is 2.30. The lowest BCUT2D eigenvalue weighted by molar-refractivity contribution is -0.142. The van der Waals surface area contributed by atoms with Crippen LogP contribution >= 0.6 is 0 Å². The van der Waals surface area contributed by atoms with Gasteiger partial charge in [-0.05, 0) is 40.5 Å². The van der Waals surface area contributed by atoms with E-state index in [0.29, 0.717) is 13.0 Å². The molecule has 0 atom stereocenters. The minimum Gasteiger partial charge on any atom is -0.466 e. The van der Waals surface area contributed by atoms with Crippen LogP contribution in [0.2, 0.25) is 0 Å². The molecule has 0 saturated heterocycles. The molecular weight excluding hydrogens is 240 g/mol. The Labute approximate surface area is 116 Å². The van der Waals surface area contributed by atoms with Crippen molar-refractivity contribution in [3.63, 3.8) is 0 Å². The van der Waals surface area contributed by atoms with Crippen molar-refractivity contribution in [2.24, 2.45) is 0 Å². The number of carbonyl (C=O) groups excluding carboxylic acids is 1. The Bertz CT molecular complexity index is 442. The normalized spacial score (nSPS) is 11.7. The number of aromatic nitrogens is 2. The zero-order valence-corrected chi connectivity index (χ0v) is 13.0. The predicted octanol–water partition coefficient (Wildman–Crippen LogP) is 2.87. The van der Waals surface area contributed by atoms with Crippen LogP contribution in [-0.2, 0) is 34.3 Å². The van der Waals surface area contributed by atoms with E-state index < -0.39 is 0 Å². The summed E-state index contributed by atoms with van der Waals surface area (Å²) in [4.78, 5) is 11.7. The molecule has 108 valence electrons. The number of hydrogen-bond acceptors (Lipinski definition) is 3. The zero-order valence-electron chi connectivity index (χ0n) is 13.0. The number of esters is 1. The number of aryl methyl sites for hydroxylation is 1. The number of carbonyl (C=O) groups is 1. The highest BCUT2D eigenvalue weighted by Crippen LogP contribution is 2.24. The minimum absolute atomic E-state index is 0.0673. The SMILES string of the molecule is CCOC(=O)Cc1c(CC)nn(C(C)(C)C)c1CC. The molecule has 0 unspecified atom stereocenters.